The molecule has 2 saturated carbocycles. The molecule has 3 aliphatic carbocycles. The molecule has 4 rings (SSSR count). The highest BCUT2D eigenvalue weighted by molar-refractivity contribution is 5.41. The lowest BCUT2D eigenvalue weighted by molar-refractivity contribution is -0.0789. The van der Waals surface area contributed by atoms with Crippen molar-refractivity contribution in [1.82, 2.24) is 0 Å². The van der Waals surface area contributed by atoms with Crippen molar-refractivity contribution < 1.29 is 10.2 Å². The quantitative estimate of drug-likeness (QED) is 0.754. The average molecular weight is 312 g/mol. The molecule has 0 amide bonds. The van der Waals surface area contributed by atoms with Crippen LogP contribution in [0.4, 0.5) is 0 Å². The number of aromatic hydroxyl groups is 1. The number of fused-ring (bicyclic) bond motifs is 5. The normalized spacial score (nSPS) is 45.0. The molecule has 1 aromatic carbocycles. The second kappa shape index (κ2) is 4.86. The highest BCUT2D eigenvalue weighted by Crippen LogP contribution is 2.65. The summed E-state index contributed by atoms with van der Waals surface area (Å²) in [5.41, 5.74) is 2.05. The molecule has 124 valence electrons. The van der Waals surface area contributed by atoms with Gasteiger partial charge >= 0.3 is 0 Å². The van der Waals surface area contributed by atoms with E-state index in [-0.39, 0.29) is 5.41 Å². The van der Waals surface area contributed by atoms with Crippen LogP contribution in [0.3, 0.4) is 0 Å². The van der Waals surface area contributed by atoms with Crippen molar-refractivity contribution in [3.8, 4) is 5.75 Å². The van der Waals surface area contributed by atoms with Crippen LogP contribution in [0.1, 0.15) is 56.6 Å². The van der Waals surface area contributed by atoms with Crippen LogP contribution in [0.2, 0.25) is 0 Å². The molecule has 2 heteroatoms. The minimum Gasteiger partial charge on any atom is -0.508 e. The van der Waals surface area contributed by atoms with E-state index in [0.717, 1.165) is 32.1 Å². The highest BCUT2D eigenvalue weighted by atomic mass is 16.3. The van der Waals surface area contributed by atoms with Crippen LogP contribution in [0, 0.1) is 23.2 Å². The van der Waals surface area contributed by atoms with Crippen molar-refractivity contribution in [2.75, 3.05) is 0 Å². The average Bonchev–Trinajstić information content (AvgIpc) is 2.79. The molecule has 0 spiro atoms. The summed E-state index contributed by atoms with van der Waals surface area (Å²) in [5, 5.41) is 20.9. The first kappa shape index (κ1) is 15.3. The Bertz CT molecular complexity index is 651. The molecule has 0 saturated heterocycles. The SMILES string of the molecule is C=C[C@]1(O)CC[C@H]2[C@@H]3[C@H](C)Cc4cc(O)ccc4[C@H]3CC[C@@]21C. The largest absolute Gasteiger partial charge is 0.508 e. The van der Waals surface area contributed by atoms with E-state index in [0.29, 0.717) is 29.4 Å². The standard InChI is InChI=1S/C21H28O2/c1-4-21(23)10-8-18-19-13(2)11-14-12-15(22)5-6-16(14)17(19)7-9-20(18,21)3/h4-6,12-13,17-19,22-23H,1,7-11H2,2-3H3/t13-,17-,18+,19-,20+,21+/m1/s1. The number of rotatable bonds is 1. The van der Waals surface area contributed by atoms with E-state index in [9.17, 15) is 10.2 Å². The molecule has 2 N–H and O–H groups in total. The topological polar surface area (TPSA) is 40.5 Å². The van der Waals surface area contributed by atoms with Crippen LogP contribution in [-0.2, 0) is 6.42 Å². The van der Waals surface area contributed by atoms with Gasteiger partial charge in [-0.2, -0.15) is 0 Å². The zero-order valence-corrected chi connectivity index (χ0v) is 14.3. The van der Waals surface area contributed by atoms with Crippen LogP contribution in [0.5, 0.6) is 5.75 Å². The van der Waals surface area contributed by atoms with Crippen molar-refractivity contribution in [3.05, 3.63) is 42.0 Å². The van der Waals surface area contributed by atoms with Gasteiger partial charge < -0.3 is 10.2 Å². The lowest BCUT2D eigenvalue weighted by Gasteiger charge is -2.54. The third-order valence-electron chi connectivity index (χ3n) is 7.61. The van der Waals surface area contributed by atoms with Gasteiger partial charge in [0.2, 0.25) is 0 Å². The zero-order valence-electron chi connectivity index (χ0n) is 14.3. The fourth-order valence-corrected chi connectivity index (χ4v) is 6.35. The molecule has 23 heavy (non-hydrogen) atoms. The number of benzene rings is 1. The summed E-state index contributed by atoms with van der Waals surface area (Å²) >= 11 is 0. The van der Waals surface area contributed by atoms with Crippen LogP contribution < -0.4 is 0 Å². The van der Waals surface area contributed by atoms with Gasteiger partial charge in [0.25, 0.3) is 0 Å². The molecule has 0 radical (unpaired) electrons. The van der Waals surface area contributed by atoms with E-state index in [1.54, 1.807) is 0 Å². The van der Waals surface area contributed by atoms with E-state index in [1.807, 2.05) is 18.2 Å². The summed E-state index contributed by atoms with van der Waals surface area (Å²) in [4.78, 5) is 0. The van der Waals surface area contributed by atoms with Gasteiger partial charge in [-0.25, -0.2) is 0 Å². The highest BCUT2D eigenvalue weighted by Gasteiger charge is 2.61. The molecular formula is C21H28O2. The molecule has 0 bridgehead atoms. The van der Waals surface area contributed by atoms with Gasteiger partial charge in [-0.15, -0.1) is 6.58 Å². The molecule has 6 atom stereocenters. The van der Waals surface area contributed by atoms with Crippen LogP contribution in [0.25, 0.3) is 0 Å². The smallest absolute Gasteiger partial charge is 0.115 e. The van der Waals surface area contributed by atoms with E-state index in [1.165, 1.54) is 11.1 Å². The first-order valence-electron chi connectivity index (χ1n) is 9.07. The third-order valence-corrected chi connectivity index (χ3v) is 7.61. The number of phenolic OH excluding ortho intramolecular Hbond substituents is 1. The van der Waals surface area contributed by atoms with Crippen molar-refractivity contribution in [2.45, 2.75) is 57.5 Å². The van der Waals surface area contributed by atoms with Gasteiger partial charge in [0.15, 0.2) is 0 Å². The molecular weight excluding hydrogens is 284 g/mol. The maximum absolute atomic E-state index is 11.1. The van der Waals surface area contributed by atoms with Crippen molar-refractivity contribution in [3.63, 3.8) is 0 Å². The fourth-order valence-electron chi connectivity index (χ4n) is 6.35. The molecule has 3 aliphatic rings. The molecule has 0 aliphatic heterocycles. The summed E-state index contributed by atoms with van der Waals surface area (Å²) in [7, 11) is 0. The predicted molar refractivity (Wildman–Crippen MR) is 92.4 cm³/mol. The second-order valence-corrected chi connectivity index (χ2v) is 8.48. The first-order chi connectivity index (χ1) is 10.9. The van der Waals surface area contributed by atoms with Gasteiger partial charge in [0.05, 0.1) is 5.60 Å². The van der Waals surface area contributed by atoms with Gasteiger partial charge in [0.1, 0.15) is 5.75 Å². The van der Waals surface area contributed by atoms with Crippen molar-refractivity contribution >= 4 is 0 Å². The Labute approximate surface area is 139 Å². The van der Waals surface area contributed by atoms with Crippen LogP contribution in [0.15, 0.2) is 30.9 Å². The number of aliphatic hydroxyl groups is 1. The summed E-state index contributed by atoms with van der Waals surface area (Å²) < 4.78 is 0. The molecule has 0 unspecified atom stereocenters. The Morgan fingerprint density at radius 2 is 2.04 bits per heavy atom. The maximum atomic E-state index is 11.1. The molecule has 2 fully saturated rings. The summed E-state index contributed by atoms with van der Waals surface area (Å²) in [6, 6.07) is 5.95. The van der Waals surface area contributed by atoms with Crippen LogP contribution in [-0.4, -0.2) is 15.8 Å². The fraction of sp³-hybridized carbons (Fsp3) is 0.619. The Hall–Kier alpha value is -1.28. The monoisotopic (exact) mass is 312 g/mol. The van der Waals surface area contributed by atoms with Crippen LogP contribution >= 0.6 is 0 Å². The van der Waals surface area contributed by atoms with Gasteiger partial charge in [0, 0.05) is 5.41 Å². The molecule has 2 nitrogen and oxygen atoms in total. The number of hydrogen-bond acceptors (Lipinski definition) is 2. The Morgan fingerprint density at radius 1 is 1.26 bits per heavy atom. The van der Waals surface area contributed by atoms with Crippen molar-refractivity contribution in [2.24, 2.45) is 23.2 Å². The number of hydrogen-bond donors (Lipinski definition) is 2. The Balaban J connectivity index is 1.76. The lowest BCUT2D eigenvalue weighted by atomic mass is 9.51. The van der Waals surface area contributed by atoms with E-state index in [4.69, 9.17) is 0 Å². The summed E-state index contributed by atoms with van der Waals surface area (Å²) in [5.74, 6) is 2.78. The van der Waals surface area contributed by atoms with E-state index in [2.05, 4.69) is 26.5 Å². The van der Waals surface area contributed by atoms with E-state index >= 15 is 0 Å². The minimum atomic E-state index is -0.697. The van der Waals surface area contributed by atoms with Gasteiger partial charge in [-0.3, -0.25) is 0 Å². The van der Waals surface area contributed by atoms with Crippen molar-refractivity contribution in [1.29, 1.82) is 0 Å². The Morgan fingerprint density at radius 3 is 2.78 bits per heavy atom. The molecule has 0 aromatic heterocycles. The lowest BCUT2D eigenvalue weighted by Crippen LogP contribution is -2.51. The van der Waals surface area contributed by atoms with E-state index < -0.39 is 5.60 Å². The first-order valence-corrected chi connectivity index (χ1v) is 9.07. The van der Waals surface area contributed by atoms with Gasteiger partial charge in [-0.1, -0.05) is 26.0 Å². The third kappa shape index (κ3) is 1.91. The predicted octanol–water partition coefficient (Wildman–Crippen LogP) is 4.41. The molecule has 1 aromatic rings. The summed E-state index contributed by atoms with van der Waals surface area (Å²) in [6.07, 6.45) is 7.02. The minimum absolute atomic E-state index is 0.0292. The van der Waals surface area contributed by atoms with Gasteiger partial charge in [-0.05, 0) is 79.0 Å². The number of phenols is 1. The molecule has 0 heterocycles. The Kier molecular flexibility index (Phi) is 3.22. The zero-order chi connectivity index (χ0) is 16.4. The second-order valence-electron chi connectivity index (χ2n) is 8.48. The summed E-state index contributed by atoms with van der Waals surface area (Å²) in [6.45, 7) is 8.60. The maximum Gasteiger partial charge on any atom is 0.115 e.